The number of para-hydroxylation sites is 1. The fourth-order valence-corrected chi connectivity index (χ4v) is 2.83. The van der Waals surface area contributed by atoms with Crippen LogP contribution < -0.4 is 10.1 Å². The lowest BCUT2D eigenvalue weighted by Crippen LogP contribution is -2.42. The van der Waals surface area contributed by atoms with Crippen LogP contribution in [0.1, 0.15) is 29.8 Å². The average Bonchev–Trinajstić information content (AvgIpc) is 2.71. The molecule has 0 radical (unpaired) electrons. The van der Waals surface area contributed by atoms with Gasteiger partial charge in [-0.1, -0.05) is 17.7 Å². The van der Waals surface area contributed by atoms with Crippen molar-refractivity contribution < 1.29 is 24.5 Å². The van der Waals surface area contributed by atoms with Gasteiger partial charge in [0.25, 0.3) is 5.91 Å². The smallest absolute Gasteiger partial charge is 0.268 e. The highest BCUT2D eigenvalue weighted by molar-refractivity contribution is 6.30. The van der Waals surface area contributed by atoms with E-state index in [1.807, 2.05) is 0 Å². The van der Waals surface area contributed by atoms with Crippen LogP contribution >= 0.6 is 11.6 Å². The molecule has 3 N–H and O–H groups in total. The number of carbonyl (C=O) groups excluding carboxylic acids is 2. The predicted octanol–water partition coefficient (Wildman–Crippen LogP) is 4.78. The Morgan fingerprint density at radius 1 is 0.867 bits per heavy atom. The molecule has 0 aliphatic rings. The van der Waals surface area contributed by atoms with Gasteiger partial charge in [0, 0.05) is 16.1 Å². The van der Waals surface area contributed by atoms with E-state index >= 15 is 0 Å². The zero-order chi connectivity index (χ0) is 21.9. The van der Waals surface area contributed by atoms with Gasteiger partial charge in [-0.15, -0.1) is 0 Å². The van der Waals surface area contributed by atoms with Gasteiger partial charge in [-0.2, -0.15) is 0 Å². The van der Waals surface area contributed by atoms with Crippen LogP contribution in [0.15, 0.2) is 66.7 Å². The fraction of sp³-hybridized carbons (Fsp3) is 0.130. The molecular weight excluding hydrogens is 406 g/mol. The number of benzene rings is 3. The third kappa shape index (κ3) is 4.72. The zero-order valence-electron chi connectivity index (χ0n) is 16.3. The largest absolute Gasteiger partial charge is 0.506 e. The van der Waals surface area contributed by atoms with Crippen molar-refractivity contribution >= 4 is 29.0 Å². The standard InChI is InChI=1S/C23H20ClNO5/c1-23(2,22(29)25-20-18(26)4-3-5-19(20)27)30-17-12-8-15(9-13-17)21(28)14-6-10-16(24)11-7-14/h3-13,26-27H,1-2H3,(H,25,29). The number of rotatable bonds is 6. The maximum atomic E-state index is 12.6. The van der Waals surface area contributed by atoms with E-state index in [-0.39, 0.29) is 23.0 Å². The number of hydrogen-bond acceptors (Lipinski definition) is 5. The number of phenolic OH excluding ortho intramolecular Hbond substituents is 2. The summed E-state index contributed by atoms with van der Waals surface area (Å²) in [7, 11) is 0. The molecule has 0 saturated heterocycles. The summed E-state index contributed by atoms with van der Waals surface area (Å²) in [5.41, 5.74) is -0.444. The monoisotopic (exact) mass is 425 g/mol. The molecule has 0 aromatic heterocycles. The third-order valence-electron chi connectivity index (χ3n) is 4.40. The summed E-state index contributed by atoms with van der Waals surface area (Å²) >= 11 is 5.85. The van der Waals surface area contributed by atoms with Gasteiger partial charge in [-0.25, -0.2) is 0 Å². The molecule has 0 spiro atoms. The minimum Gasteiger partial charge on any atom is -0.506 e. The zero-order valence-corrected chi connectivity index (χ0v) is 17.1. The SMILES string of the molecule is CC(C)(Oc1ccc(C(=O)c2ccc(Cl)cc2)cc1)C(=O)Nc1c(O)cccc1O. The summed E-state index contributed by atoms with van der Waals surface area (Å²) in [5.74, 6) is -0.872. The Labute approximate surface area is 178 Å². The Hall–Kier alpha value is -3.51. The molecule has 154 valence electrons. The minimum absolute atomic E-state index is 0.0944. The number of nitrogens with one attached hydrogen (secondary N) is 1. The topological polar surface area (TPSA) is 95.9 Å². The number of carbonyl (C=O) groups is 2. The maximum absolute atomic E-state index is 12.6. The van der Waals surface area contributed by atoms with Crippen molar-refractivity contribution in [3.05, 3.63) is 82.9 Å². The summed E-state index contributed by atoms with van der Waals surface area (Å²) in [6.07, 6.45) is 0. The van der Waals surface area contributed by atoms with Crippen LogP contribution in [0.25, 0.3) is 0 Å². The van der Waals surface area contributed by atoms with Gasteiger partial charge in [-0.3, -0.25) is 9.59 Å². The highest BCUT2D eigenvalue weighted by atomic mass is 35.5. The maximum Gasteiger partial charge on any atom is 0.268 e. The van der Waals surface area contributed by atoms with Crippen molar-refractivity contribution in [1.82, 2.24) is 0 Å². The van der Waals surface area contributed by atoms with Gasteiger partial charge in [0.15, 0.2) is 11.4 Å². The number of amides is 1. The number of halogens is 1. The van der Waals surface area contributed by atoms with Gasteiger partial charge >= 0.3 is 0 Å². The van der Waals surface area contributed by atoms with Crippen molar-refractivity contribution in [2.45, 2.75) is 19.4 Å². The van der Waals surface area contributed by atoms with E-state index in [1.54, 1.807) is 62.4 Å². The van der Waals surface area contributed by atoms with Gasteiger partial charge in [0.2, 0.25) is 0 Å². The number of hydrogen-bond donors (Lipinski definition) is 3. The predicted molar refractivity (Wildman–Crippen MR) is 114 cm³/mol. The van der Waals surface area contributed by atoms with Crippen molar-refractivity contribution in [1.29, 1.82) is 0 Å². The molecule has 3 aromatic carbocycles. The van der Waals surface area contributed by atoms with Gasteiger partial charge in [0.1, 0.15) is 22.9 Å². The van der Waals surface area contributed by atoms with Crippen LogP contribution in [0.3, 0.4) is 0 Å². The lowest BCUT2D eigenvalue weighted by Gasteiger charge is -2.25. The Balaban J connectivity index is 1.71. The van der Waals surface area contributed by atoms with Crippen molar-refractivity contribution in [3.8, 4) is 17.2 Å². The Morgan fingerprint density at radius 2 is 1.37 bits per heavy atom. The highest BCUT2D eigenvalue weighted by Crippen LogP contribution is 2.33. The second-order valence-corrected chi connectivity index (χ2v) is 7.53. The summed E-state index contributed by atoms with van der Waals surface area (Å²) in [6, 6.07) is 17.1. The molecule has 1 amide bonds. The highest BCUT2D eigenvalue weighted by Gasteiger charge is 2.31. The first kappa shape index (κ1) is 21.2. The van der Waals surface area contributed by atoms with Crippen LogP contribution in [0.2, 0.25) is 5.02 Å². The summed E-state index contributed by atoms with van der Waals surface area (Å²) in [5, 5.41) is 22.7. The van der Waals surface area contributed by atoms with Crippen molar-refractivity contribution in [2.24, 2.45) is 0 Å². The van der Waals surface area contributed by atoms with E-state index in [1.165, 1.54) is 18.2 Å². The lowest BCUT2D eigenvalue weighted by atomic mass is 10.0. The molecular formula is C23H20ClNO5. The molecule has 0 bridgehead atoms. The molecule has 0 saturated carbocycles. The second-order valence-electron chi connectivity index (χ2n) is 7.10. The van der Waals surface area contributed by atoms with Crippen LogP contribution in [0.4, 0.5) is 5.69 Å². The summed E-state index contributed by atoms with van der Waals surface area (Å²) in [4.78, 5) is 25.1. The van der Waals surface area contributed by atoms with Gasteiger partial charge in [-0.05, 0) is 74.5 Å². The van der Waals surface area contributed by atoms with E-state index < -0.39 is 11.5 Å². The van der Waals surface area contributed by atoms with Crippen molar-refractivity contribution in [3.63, 3.8) is 0 Å². The number of phenols is 2. The van der Waals surface area contributed by atoms with Crippen molar-refractivity contribution in [2.75, 3.05) is 5.32 Å². The number of ether oxygens (including phenoxy) is 1. The molecule has 0 atom stereocenters. The lowest BCUT2D eigenvalue weighted by molar-refractivity contribution is -0.128. The molecule has 7 heteroatoms. The summed E-state index contributed by atoms with van der Waals surface area (Å²) in [6.45, 7) is 3.10. The van der Waals surface area contributed by atoms with Crippen LogP contribution in [-0.2, 0) is 4.79 Å². The van der Waals surface area contributed by atoms with E-state index in [0.717, 1.165) is 0 Å². The molecule has 0 heterocycles. The quantitative estimate of drug-likeness (QED) is 0.390. The second kappa shape index (κ2) is 8.47. The molecule has 30 heavy (non-hydrogen) atoms. The van der Waals surface area contributed by atoms with Crippen LogP contribution in [0, 0.1) is 0 Å². The number of aromatic hydroxyl groups is 2. The molecule has 0 aliphatic heterocycles. The first-order valence-corrected chi connectivity index (χ1v) is 9.47. The first-order valence-electron chi connectivity index (χ1n) is 9.09. The molecule has 0 aliphatic carbocycles. The van der Waals surface area contributed by atoms with Crippen LogP contribution in [-0.4, -0.2) is 27.5 Å². The molecule has 0 unspecified atom stereocenters. The Kier molecular flexibility index (Phi) is 5.99. The normalized spacial score (nSPS) is 11.0. The molecule has 6 nitrogen and oxygen atoms in total. The van der Waals surface area contributed by atoms with Crippen LogP contribution in [0.5, 0.6) is 17.2 Å². The number of anilines is 1. The average molecular weight is 426 g/mol. The molecule has 3 rings (SSSR count). The Morgan fingerprint density at radius 3 is 1.90 bits per heavy atom. The summed E-state index contributed by atoms with van der Waals surface area (Å²) < 4.78 is 5.77. The van der Waals surface area contributed by atoms with Gasteiger partial charge in [0.05, 0.1) is 0 Å². The number of ketones is 1. The van der Waals surface area contributed by atoms with Gasteiger partial charge < -0.3 is 20.3 Å². The molecule has 0 fully saturated rings. The minimum atomic E-state index is -1.32. The first-order chi connectivity index (χ1) is 14.2. The fourth-order valence-electron chi connectivity index (χ4n) is 2.70. The third-order valence-corrected chi connectivity index (χ3v) is 4.65. The Bertz CT molecular complexity index is 1060. The van der Waals surface area contributed by atoms with E-state index in [0.29, 0.717) is 21.9 Å². The molecule has 3 aromatic rings. The van der Waals surface area contributed by atoms with E-state index in [2.05, 4.69) is 5.32 Å². The van der Waals surface area contributed by atoms with E-state index in [4.69, 9.17) is 16.3 Å². The van der Waals surface area contributed by atoms with E-state index in [9.17, 15) is 19.8 Å².